The van der Waals surface area contributed by atoms with Gasteiger partial charge in [-0.2, -0.15) is 0 Å². The van der Waals surface area contributed by atoms with E-state index in [4.69, 9.17) is 4.11 Å². The lowest BCUT2D eigenvalue weighted by Gasteiger charge is -2.23. The minimum absolute atomic E-state index is 0.373. The Kier molecular flexibility index (Phi) is 2.13. The number of rotatable bonds is 1. The SMILES string of the molecule is [2H]C([2H])([2H])c1cccc2c1C(C)(C)c1cc(-c3ccccc3)ncc1-2. The molecular weight excluding hydrogens is 266 g/mol. The van der Waals surface area contributed by atoms with Gasteiger partial charge in [-0.05, 0) is 35.2 Å². The molecule has 1 heterocycles. The number of nitrogens with zero attached hydrogens (tertiary/aromatic N) is 1. The van der Waals surface area contributed by atoms with Gasteiger partial charge in [0.2, 0.25) is 0 Å². The fourth-order valence-electron chi connectivity index (χ4n) is 3.54. The number of hydrogen-bond acceptors (Lipinski definition) is 1. The highest BCUT2D eigenvalue weighted by Gasteiger charge is 2.36. The third-order valence-electron chi connectivity index (χ3n) is 4.63. The van der Waals surface area contributed by atoms with Crippen LogP contribution in [0.5, 0.6) is 0 Å². The second-order valence-corrected chi connectivity index (χ2v) is 6.33. The molecule has 1 aromatic heterocycles. The summed E-state index contributed by atoms with van der Waals surface area (Å²) in [5.41, 5.74) is 6.09. The van der Waals surface area contributed by atoms with Crippen molar-refractivity contribution in [2.45, 2.75) is 26.1 Å². The topological polar surface area (TPSA) is 12.9 Å². The molecule has 108 valence electrons. The van der Waals surface area contributed by atoms with Crippen LogP contribution < -0.4 is 0 Å². The van der Waals surface area contributed by atoms with E-state index in [9.17, 15) is 0 Å². The van der Waals surface area contributed by atoms with Crippen LogP contribution in [-0.4, -0.2) is 4.98 Å². The molecule has 0 saturated carbocycles. The molecule has 2 aromatic carbocycles. The van der Waals surface area contributed by atoms with Crippen LogP contribution in [0.1, 0.15) is 34.7 Å². The van der Waals surface area contributed by atoms with Gasteiger partial charge in [0.05, 0.1) is 5.69 Å². The summed E-state index contributed by atoms with van der Waals surface area (Å²) in [7, 11) is 0. The van der Waals surface area contributed by atoms with E-state index in [1.165, 1.54) is 0 Å². The predicted octanol–water partition coefficient (Wildman–Crippen LogP) is 5.36. The van der Waals surface area contributed by atoms with E-state index in [-0.39, 0.29) is 5.41 Å². The molecule has 0 spiro atoms. The van der Waals surface area contributed by atoms with Gasteiger partial charge < -0.3 is 0 Å². The average Bonchev–Trinajstić information content (AvgIpc) is 2.82. The second kappa shape index (κ2) is 4.54. The molecule has 0 bridgehead atoms. The number of pyridine rings is 1. The summed E-state index contributed by atoms with van der Waals surface area (Å²) in [4.78, 5) is 4.64. The second-order valence-electron chi connectivity index (χ2n) is 6.33. The number of aryl methyl sites for hydroxylation is 1. The fourth-order valence-corrected chi connectivity index (χ4v) is 3.54. The van der Waals surface area contributed by atoms with Gasteiger partial charge in [0.15, 0.2) is 0 Å². The maximum atomic E-state index is 7.92. The van der Waals surface area contributed by atoms with E-state index in [1.807, 2.05) is 48.7 Å². The van der Waals surface area contributed by atoms with Crippen molar-refractivity contribution >= 4 is 0 Å². The number of fused-ring (bicyclic) bond motifs is 3. The Morgan fingerprint density at radius 1 is 0.955 bits per heavy atom. The smallest absolute Gasteiger partial charge is 0.0705 e. The van der Waals surface area contributed by atoms with E-state index < -0.39 is 6.85 Å². The maximum absolute atomic E-state index is 7.92. The van der Waals surface area contributed by atoms with E-state index >= 15 is 0 Å². The minimum Gasteiger partial charge on any atom is -0.256 e. The van der Waals surface area contributed by atoms with Crippen LogP contribution >= 0.6 is 0 Å². The minimum atomic E-state index is -2.12. The third kappa shape index (κ3) is 1.75. The zero-order chi connectivity index (χ0) is 17.8. The Morgan fingerprint density at radius 2 is 1.77 bits per heavy atom. The summed E-state index contributed by atoms with van der Waals surface area (Å²) >= 11 is 0. The van der Waals surface area contributed by atoms with Crippen molar-refractivity contribution in [1.29, 1.82) is 0 Å². The van der Waals surface area contributed by atoms with Crippen LogP contribution in [0, 0.1) is 6.85 Å². The van der Waals surface area contributed by atoms with Crippen molar-refractivity contribution in [3.8, 4) is 22.4 Å². The first-order chi connectivity index (χ1) is 11.8. The molecule has 0 saturated heterocycles. The molecule has 3 aromatic rings. The summed E-state index contributed by atoms with van der Waals surface area (Å²) in [5, 5.41) is 0. The van der Waals surface area contributed by atoms with Crippen LogP contribution in [0.25, 0.3) is 22.4 Å². The third-order valence-corrected chi connectivity index (χ3v) is 4.63. The highest BCUT2D eigenvalue weighted by atomic mass is 14.7. The Morgan fingerprint density at radius 3 is 2.55 bits per heavy atom. The lowest BCUT2D eigenvalue weighted by Crippen LogP contribution is -2.16. The summed E-state index contributed by atoms with van der Waals surface area (Å²) < 4.78 is 23.8. The van der Waals surface area contributed by atoms with E-state index in [1.54, 1.807) is 6.07 Å². The van der Waals surface area contributed by atoms with Gasteiger partial charge in [-0.1, -0.05) is 62.4 Å². The van der Waals surface area contributed by atoms with E-state index in [0.717, 1.165) is 33.5 Å². The van der Waals surface area contributed by atoms with Crippen LogP contribution in [0.2, 0.25) is 0 Å². The normalized spacial score (nSPS) is 17.1. The van der Waals surface area contributed by atoms with Gasteiger partial charge in [0, 0.05) is 26.9 Å². The molecule has 22 heavy (non-hydrogen) atoms. The molecule has 0 amide bonds. The molecule has 0 atom stereocenters. The average molecular weight is 288 g/mol. The van der Waals surface area contributed by atoms with Gasteiger partial charge in [-0.3, -0.25) is 4.98 Å². The summed E-state index contributed by atoms with van der Waals surface area (Å²) in [6.45, 7) is 2.07. The molecule has 0 unspecified atom stereocenters. The largest absolute Gasteiger partial charge is 0.256 e. The van der Waals surface area contributed by atoms with Gasteiger partial charge in [0.25, 0.3) is 0 Å². The molecule has 4 rings (SSSR count). The molecule has 1 nitrogen and oxygen atoms in total. The Hall–Kier alpha value is -2.41. The van der Waals surface area contributed by atoms with Crippen molar-refractivity contribution in [2.24, 2.45) is 0 Å². The zero-order valence-corrected chi connectivity index (χ0v) is 12.7. The predicted molar refractivity (Wildman–Crippen MR) is 92.0 cm³/mol. The monoisotopic (exact) mass is 288 g/mol. The van der Waals surface area contributed by atoms with Crippen LogP contribution in [0.3, 0.4) is 0 Å². The molecule has 1 aliphatic carbocycles. The molecule has 0 N–H and O–H groups in total. The first kappa shape index (κ1) is 10.3. The van der Waals surface area contributed by atoms with Crippen molar-refractivity contribution in [3.05, 3.63) is 77.5 Å². The van der Waals surface area contributed by atoms with Crippen molar-refractivity contribution in [1.82, 2.24) is 4.98 Å². The number of hydrogen-bond donors (Lipinski definition) is 0. The lowest BCUT2D eigenvalue weighted by molar-refractivity contribution is 0.655. The maximum Gasteiger partial charge on any atom is 0.0705 e. The lowest BCUT2D eigenvalue weighted by atomic mass is 9.80. The Labute approximate surface area is 135 Å². The van der Waals surface area contributed by atoms with Gasteiger partial charge in [0.1, 0.15) is 0 Å². The molecule has 0 fully saturated rings. The standard InChI is InChI=1S/C21H19N/c1-14-8-7-11-16-17-13-22-19(15-9-5-4-6-10-15)12-18(17)21(2,3)20(14)16/h4-13H,1-3H3/i1D3. The molecule has 1 heteroatoms. The Balaban J connectivity index is 1.95. The molecule has 1 aliphatic rings. The highest BCUT2D eigenvalue weighted by Crippen LogP contribution is 2.50. The van der Waals surface area contributed by atoms with Crippen LogP contribution in [0.15, 0.2) is 60.8 Å². The summed E-state index contributed by atoms with van der Waals surface area (Å²) in [6.07, 6.45) is 1.88. The van der Waals surface area contributed by atoms with Crippen molar-refractivity contribution in [3.63, 3.8) is 0 Å². The summed E-state index contributed by atoms with van der Waals surface area (Å²) in [5.74, 6) is 0. The first-order valence-corrected chi connectivity index (χ1v) is 7.50. The molecular formula is C21H19N. The van der Waals surface area contributed by atoms with Crippen LogP contribution in [0.4, 0.5) is 0 Å². The zero-order valence-electron chi connectivity index (χ0n) is 15.7. The molecule has 0 aliphatic heterocycles. The van der Waals surface area contributed by atoms with Crippen molar-refractivity contribution in [2.75, 3.05) is 0 Å². The Bertz CT molecular complexity index is 957. The fraction of sp³-hybridized carbons (Fsp3) is 0.190. The van der Waals surface area contributed by atoms with Crippen molar-refractivity contribution < 1.29 is 4.11 Å². The van der Waals surface area contributed by atoms with E-state index in [0.29, 0.717) is 5.56 Å². The van der Waals surface area contributed by atoms with Gasteiger partial charge in [-0.25, -0.2) is 0 Å². The first-order valence-electron chi connectivity index (χ1n) is 9.00. The van der Waals surface area contributed by atoms with Crippen LogP contribution in [-0.2, 0) is 5.41 Å². The summed E-state index contributed by atoms with van der Waals surface area (Å²) in [6, 6.07) is 17.7. The van der Waals surface area contributed by atoms with Gasteiger partial charge >= 0.3 is 0 Å². The quantitative estimate of drug-likeness (QED) is 0.587. The van der Waals surface area contributed by atoms with Gasteiger partial charge in [-0.15, -0.1) is 0 Å². The number of benzene rings is 2. The molecule has 0 radical (unpaired) electrons. The highest BCUT2D eigenvalue weighted by molar-refractivity contribution is 5.82. The number of aromatic nitrogens is 1. The van der Waals surface area contributed by atoms with E-state index in [2.05, 4.69) is 24.9 Å².